The lowest BCUT2D eigenvalue weighted by Gasteiger charge is -2.04. The van der Waals surface area contributed by atoms with E-state index in [-0.39, 0.29) is 5.75 Å². The van der Waals surface area contributed by atoms with Crippen LogP contribution in [-0.4, -0.2) is 17.2 Å². The van der Waals surface area contributed by atoms with Crippen LogP contribution in [0.1, 0.15) is 0 Å². The summed E-state index contributed by atoms with van der Waals surface area (Å²) in [5.41, 5.74) is 0.971. The van der Waals surface area contributed by atoms with Gasteiger partial charge in [0.1, 0.15) is 5.75 Å². The van der Waals surface area contributed by atoms with Crippen LogP contribution >= 0.6 is 0 Å². The Kier molecular flexibility index (Phi) is 2.64. The molecule has 0 aliphatic heterocycles. The predicted octanol–water partition coefficient (Wildman–Crippen LogP) is 1.76. The third kappa shape index (κ3) is 1.91. The number of H-pyrrole nitrogens is 1. The summed E-state index contributed by atoms with van der Waals surface area (Å²) in [4.78, 5) is 13.8. The van der Waals surface area contributed by atoms with Gasteiger partial charge in [0.2, 0.25) is 0 Å². The van der Waals surface area contributed by atoms with Gasteiger partial charge in [0.15, 0.2) is 5.75 Å². The molecule has 0 atom stereocenters. The van der Waals surface area contributed by atoms with Crippen LogP contribution in [0.4, 0.5) is 0 Å². The molecule has 16 heavy (non-hydrogen) atoms. The molecule has 82 valence electrons. The normalized spacial score (nSPS) is 10.1. The molecule has 2 aromatic rings. The van der Waals surface area contributed by atoms with Gasteiger partial charge in [-0.1, -0.05) is 12.1 Å². The highest BCUT2D eigenvalue weighted by Crippen LogP contribution is 2.21. The first-order valence-corrected chi connectivity index (χ1v) is 4.77. The first kappa shape index (κ1) is 10.3. The van der Waals surface area contributed by atoms with Crippen LogP contribution in [0.15, 0.2) is 41.2 Å². The molecule has 2 N–H and O–H groups in total. The molecule has 0 bridgehead atoms. The summed E-state index contributed by atoms with van der Waals surface area (Å²) in [6.45, 7) is 0. The summed E-state index contributed by atoms with van der Waals surface area (Å²) in [6, 6.07) is 10.3. The number of rotatable bonds is 2. The van der Waals surface area contributed by atoms with E-state index in [9.17, 15) is 4.79 Å². The van der Waals surface area contributed by atoms with Crippen molar-refractivity contribution in [2.75, 3.05) is 7.11 Å². The molecule has 4 nitrogen and oxygen atoms in total. The molecular weight excluding hydrogens is 206 g/mol. The molecule has 0 fully saturated rings. The number of aromatic amines is 1. The zero-order valence-electron chi connectivity index (χ0n) is 8.73. The van der Waals surface area contributed by atoms with Crippen LogP contribution in [0.2, 0.25) is 0 Å². The zero-order valence-corrected chi connectivity index (χ0v) is 8.73. The highest BCUT2D eigenvalue weighted by molar-refractivity contribution is 5.61. The molecule has 0 saturated heterocycles. The fourth-order valence-corrected chi connectivity index (χ4v) is 1.42. The second kappa shape index (κ2) is 4.10. The predicted molar refractivity (Wildman–Crippen MR) is 60.7 cm³/mol. The summed E-state index contributed by atoms with van der Waals surface area (Å²) in [7, 11) is 1.58. The molecule has 0 amide bonds. The summed E-state index contributed by atoms with van der Waals surface area (Å²) >= 11 is 0. The van der Waals surface area contributed by atoms with Crippen LogP contribution in [0.3, 0.4) is 0 Å². The number of pyridine rings is 1. The first-order valence-electron chi connectivity index (χ1n) is 4.77. The molecule has 1 aromatic heterocycles. The van der Waals surface area contributed by atoms with Crippen molar-refractivity contribution in [2.45, 2.75) is 0 Å². The molecule has 4 heteroatoms. The standard InChI is InChI=1S/C12H11NO3/c1-16-9-4-2-3-8(7-9)10-5-6-11(14)12(15)13-10/h2-7,14H,1H3,(H,13,15). The number of hydrogen-bond acceptors (Lipinski definition) is 3. The monoisotopic (exact) mass is 217 g/mol. The molecule has 0 radical (unpaired) electrons. The van der Waals surface area contributed by atoms with Crippen LogP contribution in [0.25, 0.3) is 11.3 Å². The summed E-state index contributed by atoms with van der Waals surface area (Å²) in [6.07, 6.45) is 0. The fraction of sp³-hybridized carbons (Fsp3) is 0.0833. The Morgan fingerprint density at radius 2 is 2.06 bits per heavy atom. The van der Waals surface area contributed by atoms with E-state index in [0.29, 0.717) is 11.4 Å². The van der Waals surface area contributed by atoms with Crippen molar-refractivity contribution >= 4 is 0 Å². The van der Waals surface area contributed by atoms with Gasteiger partial charge in [0, 0.05) is 11.3 Å². The van der Waals surface area contributed by atoms with Crippen molar-refractivity contribution in [1.82, 2.24) is 4.98 Å². The molecule has 0 aliphatic carbocycles. The number of nitrogens with one attached hydrogen (secondary N) is 1. The lowest BCUT2D eigenvalue weighted by atomic mass is 10.1. The zero-order chi connectivity index (χ0) is 11.5. The Balaban J connectivity index is 2.50. The second-order valence-electron chi connectivity index (χ2n) is 3.32. The third-order valence-electron chi connectivity index (χ3n) is 2.27. The van der Waals surface area contributed by atoms with E-state index in [2.05, 4.69) is 4.98 Å². The van der Waals surface area contributed by atoms with Gasteiger partial charge in [-0.15, -0.1) is 0 Å². The minimum atomic E-state index is -0.500. The average molecular weight is 217 g/mol. The van der Waals surface area contributed by atoms with Crippen molar-refractivity contribution in [2.24, 2.45) is 0 Å². The van der Waals surface area contributed by atoms with Gasteiger partial charge < -0.3 is 14.8 Å². The molecule has 0 unspecified atom stereocenters. The van der Waals surface area contributed by atoms with Gasteiger partial charge in [-0.25, -0.2) is 0 Å². The van der Waals surface area contributed by atoms with Gasteiger partial charge in [0.05, 0.1) is 7.11 Å². The average Bonchev–Trinajstić information content (AvgIpc) is 2.33. The lowest BCUT2D eigenvalue weighted by Crippen LogP contribution is -2.05. The molecular formula is C12H11NO3. The summed E-state index contributed by atoms with van der Waals surface area (Å²) in [5.74, 6) is 0.429. The molecule has 0 spiro atoms. The van der Waals surface area contributed by atoms with Gasteiger partial charge in [-0.2, -0.15) is 0 Å². The molecule has 1 aromatic carbocycles. The van der Waals surface area contributed by atoms with Gasteiger partial charge >= 0.3 is 0 Å². The number of ether oxygens (including phenoxy) is 1. The van der Waals surface area contributed by atoms with Crippen molar-refractivity contribution in [3.63, 3.8) is 0 Å². The van der Waals surface area contributed by atoms with Gasteiger partial charge in [-0.05, 0) is 24.3 Å². The molecule has 0 aliphatic rings. The minimum Gasteiger partial charge on any atom is -0.503 e. The van der Waals surface area contributed by atoms with E-state index >= 15 is 0 Å². The van der Waals surface area contributed by atoms with E-state index in [1.165, 1.54) is 6.07 Å². The highest BCUT2D eigenvalue weighted by Gasteiger charge is 2.02. The third-order valence-corrected chi connectivity index (χ3v) is 2.27. The van der Waals surface area contributed by atoms with Crippen LogP contribution in [0.5, 0.6) is 11.5 Å². The highest BCUT2D eigenvalue weighted by atomic mass is 16.5. The Morgan fingerprint density at radius 1 is 1.25 bits per heavy atom. The summed E-state index contributed by atoms with van der Waals surface area (Å²) < 4.78 is 5.09. The Hall–Kier alpha value is -2.23. The smallest absolute Gasteiger partial charge is 0.290 e. The Bertz CT molecular complexity index is 560. The lowest BCUT2D eigenvalue weighted by molar-refractivity contribution is 0.415. The SMILES string of the molecule is COc1cccc(-c2ccc(O)c(=O)[nH]2)c1. The Labute approximate surface area is 92.1 Å². The largest absolute Gasteiger partial charge is 0.503 e. The second-order valence-corrected chi connectivity index (χ2v) is 3.32. The van der Waals surface area contributed by atoms with Crippen LogP contribution < -0.4 is 10.3 Å². The van der Waals surface area contributed by atoms with E-state index < -0.39 is 5.56 Å². The van der Waals surface area contributed by atoms with E-state index in [1.54, 1.807) is 13.2 Å². The molecule has 2 rings (SSSR count). The van der Waals surface area contributed by atoms with E-state index in [1.807, 2.05) is 24.3 Å². The summed E-state index contributed by atoms with van der Waals surface area (Å²) in [5, 5.41) is 9.12. The maximum Gasteiger partial charge on any atom is 0.290 e. The first-order chi connectivity index (χ1) is 7.70. The van der Waals surface area contributed by atoms with Crippen LogP contribution in [-0.2, 0) is 0 Å². The number of aromatic hydroxyl groups is 1. The number of methoxy groups -OCH3 is 1. The van der Waals surface area contributed by atoms with E-state index in [4.69, 9.17) is 9.84 Å². The number of benzene rings is 1. The fourth-order valence-electron chi connectivity index (χ4n) is 1.42. The van der Waals surface area contributed by atoms with Crippen molar-refractivity contribution < 1.29 is 9.84 Å². The maximum atomic E-state index is 11.2. The quantitative estimate of drug-likeness (QED) is 0.805. The maximum absolute atomic E-state index is 11.2. The van der Waals surface area contributed by atoms with Crippen LogP contribution in [0, 0.1) is 0 Å². The van der Waals surface area contributed by atoms with E-state index in [0.717, 1.165) is 5.56 Å². The molecule has 1 heterocycles. The number of hydrogen-bond donors (Lipinski definition) is 2. The van der Waals surface area contributed by atoms with Gasteiger partial charge in [0.25, 0.3) is 5.56 Å². The Morgan fingerprint density at radius 3 is 2.75 bits per heavy atom. The minimum absolute atomic E-state index is 0.286. The van der Waals surface area contributed by atoms with Gasteiger partial charge in [-0.3, -0.25) is 4.79 Å². The van der Waals surface area contributed by atoms with Crippen molar-refractivity contribution in [1.29, 1.82) is 0 Å². The van der Waals surface area contributed by atoms with Crippen molar-refractivity contribution in [3.05, 3.63) is 46.8 Å². The molecule has 0 saturated carbocycles. The topological polar surface area (TPSA) is 62.3 Å². The van der Waals surface area contributed by atoms with Crippen molar-refractivity contribution in [3.8, 4) is 22.8 Å². The number of aromatic nitrogens is 1.